The van der Waals surface area contributed by atoms with Gasteiger partial charge in [-0.3, -0.25) is 9.59 Å². The first-order valence-corrected chi connectivity index (χ1v) is 9.06. The van der Waals surface area contributed by atoms with Gasteiger partial charge in [-0.2, -0.15) is 5.26 Å². The molecule has 0 saturated heterocycles. The number of fused-ring (bicyclic) bond motifs is 1. The zero-order valence-electron chi connectivity index (χ0n) is 14.9. The second kappa shape index (κ2) is 7.60. The number of benzene rings is 1. The number of anilines is 1. The molecule has 3 rings (SSSR count). The van der Waals surface area contributed by atoms with Crippen LogP contribution in [0.4, 0.5) is 5.00 Å². The van der Waals surface area contributed by atoms with Gasteiger partial charge in [0.15, 0.2) is 0 Å². The number of rotatable bonds is 3. The molecular formula is C19H17N3O4S. The van der Waals surface area contributed by atoms with Gasteiger partial charge in [-0.05, 0) is 36.2 Å². The fraction of sp³-hybridized carbons (Fsp3) is 0.263. The number of esters is 1. The number of ether oxygens (including phenoxy) is 1. The summed E-state index contributed by atoms with van der Waals surface area (Å²) in [6.07, 6.45) is 0.595. The monoisotopic (exact) mass is 383 g/mol. The lowest BCUT2D eigenvalue weighted by atomic mass is 10.0. The van der Waals surface area contributed by atoms with E-state index >= 15 is 0 Å². The fourth-order valence-electron chi connectivity index (χ4n) is 2.93. The van der Waals surface area contributed by atoms with E-state index in [1.807, 2.05) is 0 Å². The molecule has 8 heteroatoms. The highest BCUT2D eigenvalue weighted by molar-refractivity contribution is 7.16. The Bertz CT molecular complexity index is 957. The van der Waals surface area contributed by atoms with Crippen LogP contribution in [0.1, 0.15) is 43.6 Å². The number of carbonyl (C=O) groups is 3. The Morgan fingerprint density at radius 2 is 1.89 bits per heavy atom. The van der Waals surface area contributed by atoms with Crippen molar-refractivity contribution < 1.29 is 19.1 Å². The lowest BCUT2D eigenvalue weighted by Gasteiger charge is -2.25. The summed E-state index contributed by atoms with van der Waals surface area (Å²) in [5, 5.41) is 12.8. The first-order valence-electron chi connectivity index (χ1n) is 8.24. The molecule has 1 aliphatic rings. The fourth-order valence-corrected chi connectivity index (χ4v) is 4.14. The normalized spacial score (nSPS) is 12.7. The molecule has 2 aromatic rings. The number of nitrogens with zero attached hydrogens (tertiary/aromatic N) is 2. The van der Waals surface area contributed by atoms with Crippen molar-refractivity contribution in [1.82, 2.24) is 4.90 Å². The van der Waals surface area contributed by atoms with Crippen LogP contribution in [0.5, 0.6) is 0 Å². The predicted molar refractivity (Wildman–Crippen MR) is 99.6 cm³/mol. The van der Waals surface area contributed by atoms with Crippen molar-refractivity contribution in [3.8, 4) is 6.07 Å². The van der Waals surface area contributed by atoms with E-state index in [0.717, 1.165) is 10.4 Å². The van der Waals surface area contributed by atoms with Gasteiger partial charge < -0.3 is 15.0 Å². The van der Waals surface area contributed by atoms with Crippen LogP contribution in [0.15, 0.2) is 24.3 Å². The minimum atomic E-state index is -0.477. The average molecular weight is 383 g/mol. The Labute approximate surface area is 160 Å². The Balaban J connectivity index is 1.82. The summed E-state index contributed by atoms with van der Waals surface area (Å²) in [7, 11) is 1.29. The summed E-state index contributed by atoms with van der Waals surface area (Å²) < 4.78 is 4.63. The molecule has 7 nitrogen and oxygen atoms in total. The number of amides is 2. The van der Waals surface area contributed by atoms with E-state index in [0.29, 0.717) is 41.2 Å². The first-order chi connectivity index (χ1) is 12.9. The lowest BCUT2D eigenvalue weighted by Crippen LogP contribution is -2.33. The van der Waals surface area contributed by atoms with Crippen LogP contribution in [-0.2, 0) is 22.5 Å². The molecule has 0 fully saturated rings. The summed E-state index contributed by atoms with van der Waals surface area (Å²) in [5.74, 6) is -0.858. The van der Waals surface area contributed by atoms with Crippen molar-refractivity contribution in [1.29, 1.82) is 5.26 Å². The van der Waals surface area contributed by atoms with E-state index in [4.69, 9.17) is 0 Å². The van der Waals surface area contributed by atoms with Crippen molar-refractivity contribution in [3.63, 3.8) is 0 Å². The summed E-state index contributed by atoms with van der Waals surface area (Å²) >= 11 is 1.32. The summed E-state index contributed by atoms with van der Waals surface area (Å²) in [6, 6.07) is 8.24. The summed E-state index contributed by atoms with van der Waals surface area (Å²) in [5.41, 5.74) is 2.07. The number of thiophene rings is 1. The van der Waals surface area contributed by atoms with Gasteiger partial charge in [0.25, 0.3) is 5.91 Å². The second-order valence-corrected chi connectivity index (χ2v) is 7.14. The molecule has 0 unspecified atom stereocenters. The first kappa shape index (κ1) is 18.6. The van der Waals surface area contributed by atoms with Gasteiger partial charge in [-0.15, -0.1) is 11.3 Å². The molecule has 138 valence electrons. The molecule has 1 aromatic carbocycles. The quantitative estimate of drug-likeness (QED) is 0.821. The Hall–Kier alpha value is -3.18. The largest absolute Gasteiger partial charge is 0.465 e. The molecule has 2 amide bonds. The smallest absolute Gasteiger partial charge is 0.337 e. The minimum absolute atomic E-state index is 0.0103. The zero-order valence-corrected chi connectivity index (χ0v) is 15.7. The van der Waals surface area contributed by atoms with Gasteiger partial charge in [-0.25, -0.2) is 4.79 Å². The number of hydrogen-bond donors (Lipinski definition) is 1. The third kappa shape index (κ3) is 3.68. The molecule has 1 aliphatic heterocycles. The van der Waals surface area contributed by atoms with E-state index in [9.17, 15) is 19.6 Å². The molecule has 0 radical (unpaired) electrons. The van der Waals surface area contributed by atoms with Crippen LogP contribution in [0.25, 0.3) is 0 Å². The van der Waals surface area contributed by atoms with Crippen LogP contribution >= 0.6 is 11.3 Å². The Morgan fingerprint density at radius 3 is 2.48 bits per heavy atom. The van der Waals surface area contributed by atoms with Crippen LogP contribution < -0.4 is 5.32 Å². The second-order valence-electron chi connectivity index (χ2n) is 6.03. The topological polar surface area (TPSA) is 99.5 Å². The molecule has 0 saturated carbocycles. The van der Waals surface area contributed by atoms with Gasteiger partial charge in [0.1, 0.15) is 11.1 Å². The number of nitriles is 1. The highest BCUT2D eigenvalue weighted by atomic mass is 32.1. The van der Waals surface area contributed by atoms with Crippen molar-refractivity contribution in [3.05, 3.63) is 51.4 Å². The molecular weight excluding hydrogens is 366 g/mol. The SMILES string of the molecule is COC(=O)c1ccc(C(=O)Nc2sc3c(c2C#N)CCN(C(C)=O)C3)cc1. The Morgan fingerprint density at radius 1 is 1.22 bits per heavy atom. The van der Waals surface area contributed by atoms with Crippen molar-refractivity contribution >= 4 is 34.1 Å². The minimum Gasteiger partial charge on any atom is -0.465 e. The third-order valence-electron chi connectivity index (χ3n) is 4.41. The third-order valence-corrected chi connectivity index (χ3v) is 5.54. The van der Waals surface area contributed by atoms with Gasteiger partial charge in [0, 0.05) is 23.9 Å². The molecule has 2 heterocycles. The maximum Gasteiger partial charge on any atom is 0.337 e. The van der Waals surface area contributed by atoms with Gasteiger partial charge in [-0.1, -0.05) is 0 Å². The maximum absolute atomic E-state index is 12.5. The van der Waals surface area contributed by atoms with Gasteiger partial charge >= 0.3 is 5.97 Å². The van der Waals surface area contributed by atoms with E-state index in [-0.39, 0.29) is 11.8 Å². The van der Waals surface area contributed by atoms with E-state index in [1.54, 1.807) is 4.90 Å². The highest BCUT2D eigenvalue weighted by Gasteiger charge is 2.26. The van der Waals surface area contributed by atoms with Crippen LogP contribution in [0.3, 0.4) is 0 Å². The predicted octanol–water partition coefficient (Wildman–Crippen LogP) is 2.56. The number of methoxy groups -OCH3 is 1. The summed E-state index contributed by atoms with van der Waals surface area (Å²) in [4.78, 5) is 38.2. The van der Waals surface area contributed by atoms with Crippen molar-refractivity contribution in [2.75, 3.05) is 19.0 Å². The zero-order chi connectivity index (χ0) is 19.6. The lowest BCUT2D eigenvalue weighted by molar-refractivity contribution is -0.129. The molecule has 27 heavy (non-hydrogen) atoms. The highest BCUT2D eigenvalue weighted by Crippen LogP contribution is 2.36. The Kier molecular flexibility index (Phi) is 5.23. The molecule has 0 spiro atoms. The molecule has 0 atom stereocenters. The van der Waals surface area contributed by atoms with Crippen molar-refractivity contribution in [2.45, 2.75) is 19.9 Å². The number of hydrogen-bond acceptors (Lipinski definition) is 6. The van der Waals surface area contributed by atoms with Crippen LogP contribution in [0, 0.1) is 11.3 Å². The number of nitrogens with one attached hydrogen (secondary N) is 1. The average Bonchev–Trinajstić information content (AvgIpc) is 3.03. The maximum atomic E-state index is 12.5. The standard InChI is InChI=1S/C19H17N3O4S/c1-11(23)22-8-7-14-15(9-20)18(27-16(14)10-22)21-17(24)12-3-5-13(6-4-12)19(25)26-2/h3-6H,7-8,10H2,1-2H3,(H,21,24). The van der Waals surface area contributed by atoms with Crippen LogP contribution in [0.2, 0.25) is 0 Å². The van der Waals surface area contributed by atoms with Crippen LogP contribution in [-0.4, -0.2) is 36.3 Å². The summed E-state index contributed by atoms with van der Waals surface area (Å²) in [6.45, 7) is 2.54. The van der Waals surface area contributed by atoms with E-state index in [2.05, 4.69) is 16.1 Å². The van der Waals surface area contributed by atoms with E-state index < -0.39 is 5.97 Å². The van der Waals surface area contributed by atoms with Crippen molar-refractivity contribution in [2.24, 2.45) is 0 Å². The molecule has 0 bridgehead atoms. The van der Waals surface area contributed by atoms with Gasteiger partial charge in [0.2, 0.25) is 5.91 Å². The van der Waals surface area contributed by atoms with Gasteiger partial charge in [0.05, 0.1) is 24.8 Å². The van der Waals surface area contributed by atoms with E-state index in [1.165, 1.54) is 49.6 Å². The molecule has 0 aliphatic carbocycles. The number of carbonyl (C=O) groups excluding carboxylic acids is 3. The molecule has 1 N–H and O–H groups in total. The molecule has 1 aromatic heterocycles.